The van der Waals surface area contributed by atoms with Crippen LogP contribution in [0.1, 0.15) is 31.0 Å². The summed E-state index contributed by atoms with van der Waals surface area (Å²) >= 11 is 7.89. The third kappa shape index (κ3) is 3.59. The van der Waals surface area contributed by atoms with Crippen LogP contribution in [0.3, 0.4) is 0 Å². The number of hydrogen-bond acceptors (Lipinski definition) is 4. The van der Waals surface area contributed by atoms with E-state index in [1.807, 2.05) is 30.7 Å². The Morgan fingerprint density at radius 2 is 2.23 bits per heavy atom. The lowest BCUT2D eigenvalue weighted by molar-refractivity contribution is -0.144. The van der Waals surface area contributed by atoms with Gasteiger partial charge < -0.3 is 9.30 Å². The highest BCUT2D eigenvalue weighted by Crippen LogP contribution is 2.29. The number of carbonyl (C=O) groups excluding carboxylic acids is 1. The standard InChI is InChI=1S/C16H19ClN2O2S/c1-5-21-15(20)11(3)13-7-6-12(8-14(13)17)18-16-19(4)10(2)9-22-16/h6-9,11H,5H2,1-4H3/b18-16-. The quantitative estimate of drug-likeness (QED) is 0.792. The van der Waals surface area contributed by atoms with Gasteiger partial charge in [0, 0.05) is 23.1 Å². The number of aromatic nitrogens is 1. The summed E-state index contributed by atoms with van der Waals surface area (Å²) in [6, 6.07) is 5.48. The van der Waals surface area contributed by atoms with Crippen LogP contribution in [0.2, 0.25) is 5.02 Å². The minimum absolute atomic E-state index is 0.269. The molecule has 0 aliphatic carbocycles. The maximum absolute atomic E-state index is 11.8. The molecule has 0 amide bonds. The smallest absolute Gasteiger partial charge is 0.313 e. The van der Waals surface area contributed by atoms with Crippen LogP contribution in [0.4, 0.5) is 5.69 Å². The van der Waals surface area contributed by atoms with Gasteiger partial charge in [0.1, 0.15) is 0 Å². The Labute approximate surface area is 139 Å². The summed E-state index contributed by atoms with van der Waals surface area (Å²) in [5, 5.41) is 2.58. The van der Waals surface area contributed by atoms with Crippen molar-refractivity contribution in [3.63, 3.8) is 0 Å². The highest BCUT2D eigenvalue weighted by atomic mass is 35.5. The summed E-state index contributed by atoms with van der Waals surface area (Å²) in [7, 11) is 1.98. The van der Waals surface area contributed by atoms with Crippen molar-refractivity contribution in [1.82, 2.24) is 4.57 Å². The molecule has 1 unspecified atom stereocenters. The second kappa shape index (κ2) is 7.11. The molecule has 0 fully saturated rings. The van der Waals surface area contributed by atoms with Crippen molar-refractivity contribution < 1.29 is 9.53 Å². The van der Waals surface area contributed by atoms with Gasteiger partial charge in [-0.1, -0.05) is 17.7 Å². The second-order valence-corrected chi connectivity index (χ2v) is 6.25. The Morgan fingerprint density at radius 1 is 1.50 bits per heavy atom. The Bertz CT molecular complexity index is 749. The Morgan fingerprint density at radius 3 is 2.77 bits per heavy atom. The molecule has 118 valence electrons. The molecule has 6 heteroatoms. The maximum atomic E-state index is 11.8. The number of hydrogen-bond donors (Lipinski definition) is 0. The number of halogens is 1. The molecule has 1 heterocycles. The zero-order valence-corrected chi connectivity index (χ0v) is 14.7. The molecule has 0 spiro atoms. The number of ether oxygens (including phenoxy) is 1. The highest BCUT2D eigenvalue weighted by molar-refractivity contribution is 7.07. The highest BCUT2D eigenvalue weighted by Gasteiger charge is 2.19. The van der Waals surface area contributed by atoms with Gasteiger partial charge in [0.15, 0.2) is 4.80 Å². The molecule has 0 bridgehead atoms. The summed E-state index contributed by atoms with van der Waals surface area (Å²) in [5.74, 6) is -0.657. The fourth-order valence-electron chi connectivity index (χ4n) is 1.99. The lowest BCUT2D eigenvalue weighted by Gasteiger charge is -2.12. The van der Waals surface area contributed by atoms with E-state index >= 15 is 0 Å². The summed E-state index contributed by atoms with van der Waals surface area (Å²) < 4.78 is 7.06. The first-order valence-corrected chi connectivity index (χ1v) is 8.31. The van der Waals surface area contributed by atoms with Crippen LogP contribution in [-0.2, 0) is 16.6 Å². The zero-order valence-electron chi connectivity index (χ0n) is 13.1. The number of aryl methyl sites for hydroxylation is 1. The van der Waals surface area contributed by atoms with Crippen molar-refractivity contribution in [2.75, 3.05) is 6.61 Å². The van der Waals surface area contributed by atoms with Gasteiger partial charge in [0.2, 0.25) is 0 Å². The molecule has 1 aromatic heterocycles. The monoisotopic (exact) mass is 338 g/mol. The van der Waals surface area contributed by atoms with Crippen molar-refractivity contribution in [1.29, 1.82) is 0 Å². The van der Waals surface area contributed by atoms with Gasteiger partial charge in [-0.3, -0.25) is 4.79 Å². The van der Waals surface area contributed by atoms with Crippen LogP contribution < -0.4 is 4.80 Å². The molecule has 22 heavy (non-hydrogen) atoms. The van der Waals surface area contributed by atoms with E-state index < -0.39 is 0 Å². The molecule has 0 saturated carbocycles. The minimum Gasteiger partial charge on any atom is -0.466 e. The first-order valence-electron chi connectivity index (χ1n) is 7.06. The van der Waals surface area contributed by atoms with E-state index in [-0.39, 0.29) is 11.9 Å². The van der Waals surface area contributed by atoms with Crippen LogP contribution >= 0.6 is 22.9 Å². The fourth-order valence-corrected chi connectivity index (χ4v) is 3.22. The molecule has 2 rings (SSSR count). The Balaban J connectivity index is 2.32. The first kappa shape index (κ1) is 16.8. The predicted octanol–water partition coefficient (Wildman–Crippen LogP) is 3.95. The summed E-state index contributed by atoms with van der Waals surface area (Å²) in [4.78, 5) is 17.3. The SMILES string of the molecule is CCOC(=O)C(C)c1ccc(/N=c2\scc(C)n2C)cc1Cl. The molecular formula is C16H19ClN2O2S. The summed E-state index contributed by atoms with van der Waals surface area (Å²) in [6.45, 7) is 5.98. The van der Waals surface area contributed by atoms with Crippen molar-refractivity contribution >= 4 is 34.6 Å². The number of rotatable bonds is 4. The average Bonchev–Trinajstić information content (AvgIpc) is 2.79. The zero-order chi connectivity index (χ0) is 16.3. The van der Waals surface area contributed by atoms with E-state index in [0.29, 0.717) is 11.6 Å². The van der Waals surface area contributed by atoms with Gasteiger partial charge in [-0.05, 0) is 38.5 Å². The second-order valence-electron chi connectivity index (χ2n) is 5.01. The van der Waals surface area contributed by atoms with Gasteiger partial charge in [-0.25, -0.2) is 4.99 Å². The van der Waals surface area contributed by atoms with Gasteiger partial charge in [0.25, 0.3) is 0 Å². The van der Waals surface area contributed by atoms with Crippen LogP contribution in [0, 0.1) is 6.92 Å². The third-order valence-electron chi connectivity index (χ3n) is 3.47. The molecule has 0 radical (unpaired) electrons. The van der Waals surface area contributed by atoms with E-state index in [4.69, 9.17) is 16.3 Å². The van der Waals surface area contributed by atoms with Crippen molar-refractivity contribution in [2.45, 2.75) is 26.7 Å². The fraction of sp³-hybridized carbons (Fsp3) is 0.375. The number of nitrogens with zero attached hydrogens (tertiary/aromatic N) is 2. The van der Waals surface area contributed by atoms with Gasteiger partial charge in [-0.15, -0.1) is 11.3 Å². The molecule has 0 aliphatic heterocycles. The summed E-state index contributed by atoms with van der Waals surface area (Å²) in [6.07, 6.45) is 0. The Kier molecular flexibility index (Phi) is 5.42. The molecular weight excluding hydrogens is 320 g/mol. The van der Waals surface area contributed by atoms with Crippen LogP contribution in [-0.4, -0.2) is 17.1 Å². The average molecular weight is 339 g/mol. The van der Waals surface area contributed by atoms with Gasteiger partial charge in [0.05, 0.1) is 18.2 Å². The van der Waals surface area contributed by atoms with Gasteiger partial charge >= 0.3 is 5.97 Å². The molecule has 1 atom stereocenters. The molecule has 4 nitrogen and oxygen atoms in total. The topological polar surface area (TPSA) is 43.6 Å². The molecule has 0 saturated heterocycles. The number of benzene rings is 1. The van der Waals surface area contributed by atoms with Gasteiger partial charge in [-0.2, -0.15) is 0 Å². The first-order chi connectivity index (χ1) is 10.4. The lowest BCUT2D eigenvalue weighted by atomic mass is 10.0. The minimum atomic E-state index is -0.387. The largest absolute Gasteiger partial charge is 0.466 e. The van der Waals surface area contributed by atoms with E-state index in [9.17, 15) is 4.79 Å². The normalized spacial score (nSPS) is 13.2. The number of thiazole rings is 1. The van der Waals surface area contributed by atoms with E-state index in [1.165, 1.54) is 0 Å². The van der Waals surface area contributed by atoms with Crippen LogP contribution in [0.5, 0.6) is 0 Å². The number of carbonyl (C=O) groups is 1. The Hall–Kier alpha value is -1.59. The third-order valence-corrected chi connectivity index (χ3v) is 4.83. The van der Waals surface area contributed by atoms with E-state index in [1.54, 1.807) is 31.3 Å². The summed E-state index contributed by atoms with van der Waals surface area (Å²) in [5.41, 5.74) is 2.68. The lowest BCUT2D eigenvalue weighted by Crippen LogP contribution is -2.13. The molecule has 0 aliphatic rings. The molecule has 0 N–H and O–H groups in total. The number of esters is 1. The van der Waals surface area contributed by atoms with Crippen LogP contribution in [0.25, 0.3) is 0 Å². The molecule has 1 aromatic carbocycles. The van der Waals surface area contributed by atoms with Crippen molar-refractivity contribution in [3.8, 4) is 0 Å². The molecule has 2 aromatic rings. The van der Waals surface area contributed by atoms with Crippen molar-refractivity contribution in [3.05, 3.63) is 44.7 Å². The predicted molar refractivity (Wildman–Crippen MR) is 89.8 cm³/mol. The van der Waals surface area contributed by atoms with Crippen molar-refractivity contribution in [2.24, 2.45) is 12.0 Å². The van der Waals surface area contributed by atoms with Crippen LogP contribution in [0.15, 0.2) is 28.6 Å². The van der Waals surface area contributed by atoms with E-state index in [2.05, 4.69) is 10.4 Å². The maximum Gasteiger partial charge on any atom is 0.313 e. The van der Waals surface area contributed by atoms with E-state index in [0.717, 1.165) is 21.7 Å².